The van der Waals surface area contributed by atoms with Crippen LogP contribution in [0.15, 0.2) is 34.7 Å². The van der Waals surface area contributed by atoms with Crippen molar-refractivity contribution < 1.29 is 9.15 Å². The Balaban J connectivity index is 2.25. The lowest BCUT2D eigenvalue weighted by Gasteiger charge is -2.13. The van der Waals surface area contributed by atoms with Gasteiger partial charge in [-0.25, -0.2) is 4.98 Å². The SMILES string of the molecule is CCNCC(OC)c1nc(-c2ccccc2)oc1C. The molecule has 1 unspecified atom stereocenters. The number of hydrogen-bond donors (Lipinski definition) is 1. The van der Waals surface area contributed by atoms with Gasteiger partial charge >= 0.3 is 0 Å². The summed E-state index contributed by atoms with van der Waals surface area (Å²) in [5.41, 5.74) is 1.84. The Bertz CT molecular complexity index is 508. The maximum atomic E-state index is 5.74. The minimum absolute atomic E-state index is 0.0823. The highest BCUT2D eigenvalue weighted by Gasteiger charge is 2.19. The number of hydrogen-bond acceptors (Lipinski definition) is 4. The fourth-order valence-electron chi connectivity index (χ4n) is 1.98. The van der Waals surface area contributed by atoms with Crippen LogP contribution in [0.2, 0.25) is 0 Å². The molecular formula is C15H20N2O2. The van der Waals surface area contributed by atoms with E-state index >= 15 is 0 Å². The molecule has 0 bridgehead atoms. The van der Waals surface area contributed by atoms with Gasteiger partial charge in [-0.3, -0.25) is 0 Å². The molecule has 2 rings (SSSR count). The maximum absolute atomic E-state index is 5.74. The van der Waals surface area contributed by atoms with E-state index in [1.165, 1.54) is 0 Å². The summed E-state index contributed by atoms with van der Waals surface area (Å²) in [5, 5.41) is 3.27. The van der Waals surface area contributed by atoms with Crippen molar-refractivity contribution in [2.24, 2.45) is 0 Å². The van der Waals surface area contributed by atoms with Gasteiger partial charge in [-0.1, -0.05) is 25.1 Å². The Morgan fingerprint density at radius 3 is 2.68 bits per heavy atom. The third-order valence-electron chi connectivity index (χ3n) is 3.02. The third-order valence-corrected chi connectivity index (χ3v) is 3.02. The van der Waals surface area contributed by atoms with Crippen LogP contribution in [0.5, 0.6) is 0 Å². The summed E-state index contributed by atoms with van der Waals surface area (Å²) in [6, 6.07) is 9.90. The summed E-state index contributed by atoms with van der Waals surface area (Å²) >= 11 is 0. The minimum atomic E-state index is -0.0823. The molecule has 0 aliphatic heterocycles. The minimum Gasteiger partial charge on any atom is -0.441 e. The fourth-order valence-corrected chi connectivity index (χ4v) is 1.98. The first-order valence-electron chi connectivity index (χ1n) is 6.52. The van der Waals surface area contributed by atoms with Crippen molar-refractivity contribution in [3.8, 4) is 11.5 Å². The molecule has 1 heterocycles. The Kier molecular flexibility index (Phi) is 4.71. The molecule has 0 amide bonds. The van der Waals surface area contributed by atoms with E-state index in [4.69, 9.17) is 9.15 Å². The van der Waals surface area contributed by atoms with Crippen molar-refractivity contribution in [2.75, 3.05) is 20.2 Å². The lowest BCUT2D eigenvalue weighted by atomic mass is 10.2. The summed E-state index contributed by atoms with van der Waals surface area (Å²) in [5.74, 6) is 1.45. The molecule has 0 fully saturated rings. The summed E-state index contributed by atoms with van der Waals surface area (Å²) < 4.78 is 11.2. The normalized spacial score (nSPS) is 12.6. The molecule has 0 saturated heterocycles. The van der Waals surface area contributed by atoms with Gasteiger partial charge in [-0.15, -0.1) is 0 Å². The summed E-state index contributed by atoms with van der Waals surface area (Å²) in [7, 11) is 1.69. The van der Waals surface area contributed by atoms with Gasteiger partial charge in [0.15, 0.2) is 0 Å². The van der Waals surface area contributed by atoms with Gasteiger partial charge in [0.25, 0.3) is 0 Å². The van der Waals surface area contributed by atoms with E-state index in [9.17, 15) is 0 Å². The average molecular weight is 260 g/mol. The van der Waals surface area contributed by atoms with E-state index in [0.29, 0.717) is 5.89 Å². The van der Waals surface area contributed by atoms with Crippen molar-refractivity contribution in [1.29, 1.82) is 0 Å². The zero-order chi connectivity index (χ0) is 13.7. The van der Waals surface area contributed by atoms with Gasteiger partial charge < -0.3 is 14.5 Å². The highest BCUT2D eigenvalue weighted by molar-refractivity contribution is 5.53. The van der Waals surface area contributed by atoms with Crippen molar-refractivity contribution >= 4 is 0 Å². The summed E-state index contributed by atoms with van der Waals surface area (Å²) in [4.78, 5) is 4.57. The number of rotatable bonds is 6. The van der Waals surface area contributed by atoms with Gasteiger partial charge in [0.2, 0.25) is 5.89 Å². The molecular weight excluding hydrogens is 240 g/mol. The third kappa shape index (κ3) is 3.22. The molecule has 19 heavy (non-hydrogen) atoms. The van der Waals surface area contributed by atoms with E-state index < -0.39 is 0 Å². The monoisotopic (exact) mass is 260 g/mol. The lowest BCUT2D eigenvalue weighted by molar-refractivity contribution is 0.0985. The highest BCUT2D eigenvalue weighted by atomic mass is 16.5. The van der Waals surface area contributed by atoms with Crippen LogP contribution in [-0.2, 0) is 4.74 Å². The van der Waals surface area contributed by atoms with E-state index in [-0.39, 0.29) is 6.10 Å². The van der Waals surface area contributed by atoms with Crippen LogP contribution < -0.4 is 5.32 Å². The van der Waals surface area contributed by atoms with Crippen LogP contribution in [0.3, 0.4) is 0 Å². The fraction of sp³-hybridized carbons (Fsp3) is 0.400. The van der Waals surface area contributed by atoms with Crippen LogP contribution in [0.4, 0.5) is 0 Å². The first-order valence-corrected chi connectivity index (χ1v) is 6.52. The second-order valence-electron chi connectivity index (χ2n) is 4.36. The van der Waals surface area contributed by atoms with E-state index in [2.05, 4.69) is 17.2 Å². The number of nitrogens with one attached hydrogen (secondary N) is 1. The Morgan fingerprint density at radius 2 is 2.05 bits per heavy atom. The number of ether oxygens (including phenoxy) is 1. The molecule has 1 atom stereocenters. The molecule has 0 saturated carbocycles. The molecule has 0 aliphatic rings. The lowest BCUT2D eigenvalue weighted by Crippen LogP contribution is -2.23. The van der Waals surface area contributed by atoms with Crippen molar-refractivity contribution in [3.05, 3.63) is 41.8 Å². The molecule has 4 heteroatoms. The Labute approximate surface area is 113 Å². The number of benzene rings is 1. The van der Waals surface area contributed by atoms with Crippen LogP contribution >= 0.6 is 0 Å². The van der Waals surface area contributed by atoms with Crippen LogP contribution in [-0.4, -0.2) is 25.2 Å². The molecule has 4 nitrogen and oxygen atoms in total. The summed E-state index contributed by atoms with van der Waals surface area (Å²) in [6.07, 6.45) is -0.0823. The Hall–Kier alpha value is -1.65. The average Bonchev–Trinajstić information content (AvgIpc) is 2.83. The number of nitrogens with zero attached hydrogens (tertiary/aromatic N) is 1. The predicted octanol–water partition coefficient (Wildman–Crippen LogP) is 2.95. The van der Waals surface area contributed by atoms with Gasteiger partial charge in [0, 0.05) is 19.2 Å². The smallest absolute Gasteiger partial charge is 0.226 e. The molecule has 2 aromatic rings. The second kappa shape index (κ2) is 6.50. The van der Waals surface area contributed by atoms with Crippen molar-refractivity contribution in [2.45, 2.75) is 20.0 Å². The molecule has 0 spiro atoms. The molecule has 1 aromatic carbocycles. The number of likely N-dealkylation sites (N-methyl/N-ethyl adjacent to an activating group) is 1. The first kappa shape index (κ1) is 13.8. The number of methoxy groups -OCH3 is 1. The molecule has 0 radical (unpaired) electrons. The van der Waals surface area contributed by atoms with Gasteiger partial charge in [0.05, 0.1) is 0 Å². The second-order valence-corrected chi connectivity index (χ2v) is 4.36. The van der Waals surface area contributed by atoms with Crippen LogP contribution in [0.25, 0.3) is 11.5 Å². The quantitative estimate of drug-likeness (QED) is 0.867. The van der Waals surface area contributed by atoms with E-state index in [0.717, 1.165) is 30.1 Å². The topological polar surface area (TPSA) is 47.3 Å². The van der Waals surface area contributed by atoms with E-state index in [1.54, 1.807) is 7.11 Å². The van der Waals surface area contributed by atoms with E-state index in [1.807, 2.05) is 37.3 Å². The zero-order valence-corrected chi connectivity index (χ0v) is 11.6. The Morgan fingerprint density at radius 1 is 1.32 bits per heavy atom. The molecule has 1 N–H and O–H groups in total. The van der Waals surface area contributed by atoms with Crippen LogP contribution in [0.1, 0.15) is 24.5 Å². The van der Waals surface area contributed by atoms with Gasteiger partial charge in [-0.05, 0) is 25.6 Å². The van der Waals surface area contributed by atoms with Crippen molar-refractivity contribution in [3.63, 3.8) is 0 Å². The molecule has 102 valence electrons. The van der Waals surface area contributed by atoms with Gasteiger partial charge in [-0.2, -0.15) is 0 Å². The van der Waals surface area contributed by atoms with Crippen molar-refractivity contribution in [1.82, 2.24) is 10.3 Å². The predicted molar refractivity (Wildman–Crippen MR) is 75.0 cm³/mol. The standard InChI is InChI=1S/C15H20N2O2/c1-4-16-10-13(18-3)14-11(2)19-15(17-14)12-8-6-5-7-9-12/h5-9,13,16H,4,10H2,1-3H3. The summed E-state index contributed by atoms with van der Waals surface area (Å²) in [6.45, 7) is 5.63. The number of aryl methyl sites for hydroxylation is 1. The number of aromatic nitrogens is 1. The van der Waals surface area contributed by atoms with Gasteiger partial charge in [0.1, 0.15) is 17.6 Å². The molecule has 0 aliphatic carbocycles. The highest BCUT2D eigenvalue weighted by Crippen LogP contribution is 2.26. The largest absolute Gasteiger partial charge is 0.441 e. The van der Waals surface area contributed by atoms with Crippen LogP contribution in [0, 0.1) is 6.92 Å². The number of oxazole rings is 1. The molecule has 1 aromatic heterocycles. The first-order chi connectivity index (χ1) is 9.26. The maximum Gasteiger partial charge on any atom is 0.226 e. The zero-order valence-electron chi connectivity index (χ0n) is 11.6.